The molecular weight excluding hydrogens is 448 g/mol. The summed E-state index contributed by atoms with van der Waals surface area (Å²) in [6.07, 6.45) is 1.38. The third kappa shape index (κ3) is 5.08. The van der Waals surface area contributed by atoms with Crippen LogP contribution in [0.3, 0.4) is 0 Å². The standard InChI is InChI=1S/C26H28N4O5/c1-4-35-26(32)20-6-5-13-28(16-20)25(31)24-15-23(19-8-7-17(2)18(3)14-19)27-29(24)21-9-11-22(12-10-21)30(33)34/h7-12,14-15,20H,4-6,13,16H2,1-3H3. The Morgan fingerprint density at radius 1 is 1.11 bits per heavy atom. The van der Waals surface area contributed by atoms with Crippen molar-refractivity contribution >= 4 is 17.6 Å². The maximum absolute atomic E-state index is 13.7. The molecule has 0 radical (unpaired) electrons. The molecule has 0 aliphatic carbocycles. The quantitative estimate of drug-likeness (QED) is 0.295. The van der Waals surface area contributed by atoms with Gasteiger partial charge in [-0.15, -0.1) is 0 Å². The highest BCUT2D eigenvalue weighted by atomic mass is 16.6. The van der Waals surface area contributed by atoms with E-state index in [1.54, 1.807) is 30.0 Å². The second-order valence-corrected chi connectivity index (χ2v) is 8.74. The Morgan fingerprint density at radius 2 is 1.86 bits per heavy atom. The summed E-state index contributed by atoms with van der Waals surface area (Å²) >= 11 is 0. The molecule has 182 valence electrons. The van der Waals surface area contributed by atoms with Gasteiger partial charge in [-0.05, 0) is 69.0 Å². The fourth-order valence-corrected chi connectivity index (χ4v) is 4.26. The van der Waals surface area contributed by atoms with Gasteiger partial charge in [-0.25, -0.2) is 4.68 Å². The molecule has 35 heavy (non-hydrogen) atoms. The predicted molar refractivity (Wildman–Crippen MR) is 130 cm³/mol. The van der Waals surface area contributed by atoms with E-state index in [4.69, 9.17) is 9.84 Å². The van der Waals surface area contributed by atoms with Gasteiger partial charge in [0, 0.05) is 30.8 Å². The fraction of sp³-hybridized carbons (Fsp3) is 0.346. The van der Waals surface area contributed by atoms with Crippen molar-refractivity contribution in [1.29, 1.82) is 0 Å². The number of carbonyl (C=O) groups is 2. The zero-order valence-electron chi connectivity index (χ0n) is 20.1. The predicted octanol–water partition coefficient (Wildman–Crippen LogP) is 4.48. The third-order valence-electron chi connectivity index (χ3n) is 6.36. The zero-order valence-corrected chi connectivity index (χ0v) is 20.1. The van der Waals surface area contributed by atoms with Crippen molar-refractivity contribution in [2.75, 3.05) is 19.7 Å². The van der Waals surface area contributed by atoms with Crippen molar-refractivity contribution in [2.24, 2.45) is 5.92 Å². The van der Waals surface area contributed by atoms with Crippen LogP contribution < -0.4 is 0 Å². The Hall–Kier alpha value is -4.01. The number of amides is 1. The largest absolute Gasteiger partial charge is 0.466 e. The molecule has 0 spiro atoms. The van der Waals surface area contributed by atoms with Gasteiger partial charge >= 0.3 is 5.97 Å². The molecule has 9 heteroatoms. The average Bonchev–Trinajstić information content (AvgIpc) is 3.31. The van der Waals surface area contributed by atoms with Crippen LogP contribution in [0.4, 0.5) is 5.69 Å². The molecule has 1 fully saturated rings. The number of likely N-dealkylation sites (tertiary alicyclic amines) is 1. The summed E-state index contributed by atoms with van der Waals surface area (Å²) in [7, 11) is 0. The second kappa shape index (κ2) is 10.1. The molecule has 1 aromatic heterocycles. The number of aryl methyl sites for hydroxylation is 2. The average molecular weight is 477 g/mol. The Morgan fingerprint density at radius 3 is 2.51 bits per heavy atom. The summed E-state index contributed by atoms with van der Waals surface area (Å²) in [5.74, 6) is -0.896. The minimum atomic E-state index is -0.470. The van der Waals surface area contributed by atoms with Crippen LogP contribution in [0.25, 0.3) is 16.9 Å². The smallest absolute Gasteiger partial charge is 0.310 e. The molecule has 4 rings (SSSR count). The van der Waals surface area contributed by atoms with Crippen molar-refractivity contribution in [2.45, 2.75) is 33.6 Å². The van der Waals surface area contributed by atoms with E-state index >= 15 is 0 Å². The number of nitro groups is 1. The number of nitro benzene ring substituents is 1. The SMILES string of the molecule is CCOC(=O)C1CCCN(C(=O)c2cc(-c3ccc(C)c(C)c3)nn2-c2ccc([N+](=O)[O-])cc2)C1. The molecule has 1 saturated heterocycles. The first-order valence-corrected chi connectivity index (χ1v) is 11.7. The third-order valence-corrected chi connectivity index (χ3v) is 6.36. The van der Waals surface area contributed by atoms with Crippen LogP contribution in [0, 0.1) is 29.9 Å². The molecule has 1 aliphatic heterocycles. The Labute approximate surface area is 203 Å². The molecule has 1 atom stereocenters. The Balaban J connectivity index is 1.73. The van der Waals surface area contributed by atoms with E-state index in [-0.39, 0.29) is 30.0 Å². The van der Waals surface area contributed by atoms with E-state index in [9.17, 15) is 19.7 Å². The van der Waals surface area contributed by atoms with Crippen molar-refractivity contribution in [3.05, 3.63) is 75.5 Å². The lowest BCUT2D eigenvalue weighted by atomic mass is 9.98. The molecule has 9 nitrogen and oxygen atoms in total. The minimum absolute atomic E-state index is 0.0449. The lowest BCUT2D eigenvalue weighted by molar-refractivity contribution is -0.384. The highest BCUT2D eigenvalue weighted by Crippen LogP contribution is 2.27. The molecule has 0 N–H and O–H groups in total. The summed E-state index contributed by atoms with van der Waals surface area (Å²) in [6.45, 7) is 6.92. The van der Waals surface area contributed by atoms with E-state index in [1.165, 1.54) is 16.8 Å². The number of carbonyl (C=O) groups excluding carboxylic acids is 2. The van der Waals surface area contributed by atoms with Gasteiger partial charge < -0.3 is 9.64 Å². The van der Waals surface area contributed by atoms with Gasteiger partial charge in [-0.1, -0.05) is 12.1 Å². The number of rotatable bonds is 6. The number of benzene rings is 2. The van der Waals surface area contributed by atoms with E-state index < -0.39 is 4.92 Å². The Bertz CT molecular complexity index is 1270. The monoisotopic (exact) mass is 476 g/mol. The van der Waals surface area contributed by atoms with Crippen LogP contribution in [-0.4, -0.2) is 51.2 Å². The minimum Gasteiger partial charge on any atom is -0.466 e. The maximum atomic E-state index is 13.7. The zero-order chi connectivity index (χ0) is 25.1. The van der Waals surface area contributed by atoms with Crippen LogP contribution in [0.5, 0.6) is 0 Å². The molecule has 2 aromatic carbocycles. The summed E-state index contributed by atoms with van der Waals surface area (Å²) in [4.78, 5) is 38.2. The number of hydrogen-bond acceptors (Lipinski definition) is 6. The number of aromatic nitrogens is 2. The first kappa shape index (κ1) is 24.1. The molecule has 0 bridgehead atoms. The van der Waals surface area contributed by atoms with Crippen molar-refractivity contribution in [3.63, 3.8) is 0 Å². The van der Waals surface area contributed by atoms with Gasteiger partial charge in [0.2, 0.25) is 0 Å². The first-order valence-electron chi connectivity index (χ1n) is 11.7. The number of non-ortho nitro benzene ring substituents is 1. The Kier molecular flexibility index (Phi) is 6.95. The molecule has 3 aromatic rings. The lowest BCUT2D eigenvalue weighted by Crippen LogP contribution is -2.43. The molecule has 2 heterocycles. The molecule has 0 saturated carbocycles. The molecule has 1 amide bonds. The van der Waals surface area contributed by atoms with E-state index in [0.717, 1.165) is 16.7 Å². The van der Waals surface area contributed by atoms with E-state index in [0.29, 0.717) is 43.1 Å². The van der Waals surface area contributed by atoms with Crippen LogP contribution >= 0.6 is 0 Å². The summed E-state index contributed by atoms with van der Waals surface area (Å²) in [5.41, 5.74) is 4.56. The van der Waals surface area contributed by atoms with Crippen molar-refractivity contribution < 1.29 is 19.2 Å². The van der Waals surface area contributed by atoms with Crippen LogP contribution in [0.15, 0.2) is 48.5 Å². The normalized spacial score (nSPS) is 15.6. The van der Waals surface area contributed by atoms with Gasteiger partial charge in [0.05, 0.1) is 28.8 Å². The number of hydrogen-bond donors (Lipinski definition) is 0. The van der Waals surface area contributed by atoms with Crippen molar-refractivity contribution in [3.8, 4) is 16.9 Å². The van der Waals surface area contributed by atoms with Gasteiger partial charge in [0.15, 0.2) is 0 Å². The topological polar surface area (TPSA) is 108 Å². The number of piperidine rings is 1. The number of esters is 1. The summed E-state index contributed by atoms with van der Waals surface area (Å²) in [5, 5.41) is 15.8. The molecular formula is C26H28N4O5. The van der Waals surface area contributed by atoms with Crippen LogP contribution in [0.1, 0.15) is 41.4 Å². The summed E-state index contributed by atoms with van der Waals surface area (Å²) in [6, 6.07) is 13.6. The van der Waals surface area contributed by atoms with E-state index in [1.807, 2.05) is 32.0 Å². The van der Waals surface area contributed by atoms with E-state index in [2.05, 4.69) is 0 Å². The van der Waals surface area contributed by atoms with Gasteiger partial charge in [0.25, 0.3) is 11.6 Å². The highest BCUT2D eigenvalue weighted by Gasteiger charge is 2.31. The number of ether oxygens (including phenoxy) is 1. The van der Waals surface area contributed by atoms with Gasteiger partial charge in [0.1, 0.15) is 5.69 Å². The highest BCUT2D eigenvalue weighted by molar-refractivity contribution is 5.95. The lowest BCUT2D eigenvalue weighted by Gasteiger charge is -2.31. The number of nitrogens with zero attached hydrogens (tertiary/aromatic N) is 4. The molecule has 1 aliphatic rings. The van der Waals surface area contributed by atoms with Gasteiger partial charge in [-0.2, -0.15) is 5.10 Å². The summed E-state index contributed by atoms with van der Waals surface area (Å²) < 4.78 is 6.69. The second-order valence-electron chi connectivity index (χ2n) is 8.74. The molecule has 1 unspecified atom stereocenters. The van der Waals surface area contributed by atoms with Gasteiger partial charge in [-0.3, -0.25) is 19.7 Å². The van der Waals surface area contributed by atoms with Crippen molar-refractivity contribution in [1.82, 2.24) is 14.7 Å². The van der Waals surface area contributed by atoms with Crippen LogP contribution in [0.2, 0.25) is 0 Å². The first-order chi connectivity index (χ1) is 16.8. The van der Waals surface area contributed by atoms with Crippen LogP contribution in [-0.2, 0) is 9.53 Å². The fourth-order valence-electron chi connectivity index (χ4n) is 4.26. The maximum Gasteiger partial charge on any atom is 0.310 e.